The second kappa shape index (κ2) is 4.50. The molecule has 0 bridgehead atoms. The predicted octanol–water partition coefficient (Wildman–Crippen LogP) is 5.75. The van der Waals surface area contributed by atoms with E-state index >= 15 is 0 Å². The monoisotopic (exact) mass is 321 g/mol. The number of H-pyrrole nitrogens is 1. The Balaban J connectivity index is 2.01. The molecule has 0 aliphatic carbocycles. The van der Waals surface area contributed by atoms with E-state index < -0.39 is 0 Å². The quantitative estimate of drug-likeness (QED) is 0.459. The number of hydrogen-bond donors (Lipinski definition) is 1. The molecule has 1 heterocycles. The van der Waals surface area contributed by atoms with Crippen molar-refractivity contribution in [2.24, 2.45) is 0 Å². The predicted molar refractivity (Wildman–Crippen MR) is 88.9 cm³/mol. The number of halogens is 1. The third kappa shape index (κ3) is 1.84. The van der Waals surface area contributed by atoms with Gasteiger partial charge in [0.1, 0.15) is 0 Å². The summed E-state index contributed by atoms with van der Waals surface area (Å²) in [5, 5.41) is 3.85. The van der Waals surface area contributed by atoms with Crippen molar-refractivity contribution < 1.29 is 0 Å². The third-order valence-corrected chi connectivity index (χ3v) is 4.16. The molecule has 0 atom stereocenters. The summed E-state index contributed by atoms with van der Waals surface area (Å²) in [6.07, 6.45) is 0. The Bertz CT molecular complexity index is 921. The fraction of sp³-hybridized carbons (Fsp3) is 0. The van der Waals surface area contributed by atoms with Crippen molar-refractivity contribution in [1.82, 2.24) is 4.98 Å². The SMILES string of the molecule is Brc1cccc(-c2cc3c(ccc4ccccc43)[nH]2)c1. The minimum absolute atomic E-state index is 1.10. The summed E-state index contributed by atoms with van der Waals surface area (Å²) in [6.45, 7) is 0. The lowest BCUT2D eigenvalue weighted by Crippen LogP contribution is -1.76. The van der Waals surface area contributed by atoms with Crippen molar-refractivity contribution in [1.29, 1.82) is 0 Å². The molecule has 0 fully saturated rings. The van der Waals surface area contributed by atoms with Crippen molar-refractivity contribution in [3.8, 4) is 11.3 Å². The second-order valence-electron chi connectivity index (χ2n) is 4.94. The number of benzene rings is 3. The van der Waals surface area contributed by atoms with Gasteiger partial charge in [-0.15, -0.1) is 0 Å². The molecule has 4 aromatic rings. The lowest BCUT2D eigenvalue weighted by molar-refractivity contribution is 1.45. The van der Waals surface area contributed by atoms with Gasteiger partial charge in [-0.2, -0.15) is 0 Å². The van der Waals surface area contributed by atoms with E-state index in [1.807, 2.05) is 6.07 Å². The van der Waals surface area contributed by atoms with Gasteiger partial charge in [0.25, 0.3) is 0 Å². The van der Waals surface area contributed by atoms with Crippen LogP contribution in [0.3, 0.4) is 0 Å². The molecule has 1 N–H and O–H groups in total. The van der Waals surface area contributed by atoms with Crippen LogP contribution in [-0.4, -0.2) is 4.98 Å². The molecule has 3 aromatic carbocycles. The fourth-order valence-electron chi connectivity index (χ4n) is 2.70. The summed E-state index contributed by atoms with van der Waals surface area (Å²) < 4.78 is 1.10. The molecule has 0 unspecified atom stereocenters. The molecule has 4 rings (SSSR count). The van der Waals surface area contributed by atoms with E-state index in [2.05, 4.69) is 81.6 Å². The highest BCUT2D eigenvalue weighted by molar-refractivity contribution is 9.10. The van der Waals surface area contributed by atoms with Crippen molar-refractivity contribution in [3.63, 3.8) is 0 Å². The maximum atomic E-state index is 3.53. The highest BCUT2D eigenvalue weighted by Crippen LogP contribution is 2.30. The van der Waals surface area contributed by atoms with Crippen LogP contribution < -0.4 is 0 Å². The highest BCUT2D eigenvalue weighted by Gasteiger charge is 2.06. The minimum Gasteiger partial charge on any atom is -0.355 e. The van der Waals surface area contributed by atoms with Crippen LogP contribution in [0.25, 0.3) is 32.9 Å². The lowest BCUT2D eigenvalue weighted by Gasteiger charge is -1.97. The van der Waals surface area contributed by atoms with Gasteiger partial charge in [0.05, 0.1) is 0 Å². The summed E-state index contributed by atoms with van der Waals surface area (Å²) in [5.41, 5.74) is 3.52. The normalized spacial score (nSPS) is 11.2. The zero-order valence-corrected chi connectivity index (χ0v) is 12.3. The molecule has 0 amide bonds. The maximum Gasteiger partial charge on any atom is 0.0465 e. The van der Waals surface area contributed by atoms with Crippen LogP contribution >= 0.6 is 15.9 Å². The molecule has 0 saturated carbocycles. The van der Waals surface area contributed by atoms with Crippen LogP contribution in [0.1, 0.15) is 0 Å². The van der Waals surface area contributed by atoms with Crippen molar-refractivity contribution >= 4 is 37.6 Å². The van der Waals surface area contributed by atoms with E-state index in [-0.39, 0.29) is 0 Å². The van der Waals surface area contributed by atoms with Crippen LogP contribution in [0.15, 0.2) is 71.2 Å². The standard InChI is InChI=1S/C18H12BrN/c19-14-6-3-5-13(10-14)18-11-16-15-7-2-1-4-12(15)8-9-17(16)20-18/h1-11,20H. The number of aromatic amines is 1. The highest BCUT2D eigenvalue weighted by atomic mass is 79.9. The molecule has 0 aliphatic rings. The Morgan fingerprint density at radius 2 is 1.65 bits per heavy atom. The van der Waals surface area contributed by atoms with E-state index in [1.165, 1.54) is 27.2 Å². The first-order valence-corrected chi connectivity index (χ1v) is 7.37. The average molecular weight is 322 g/mol. The van der Waals surface area contributed by atoms with Gasteiger partial charge in [0, 0.05) is 21.1 Å². The van der Waals surface area contributed by atoms with Gasteiger partial charge in [-0.3, -0.25) is 0 Å². The van der Waals surface area contributed by atoms with E-state index in [9.17, 15) is 0 Å². The van der Waals surface area contributed by atoms with Crippen LogP contribution in [0.2, 0.25) is 0 Å². The van der Waals surface area contributed by atoms with Crippen molar-refractivity contribution in [2.45, 2.75) is 0 Å². The van der Waals surface area contributed by atoms with Crippen molar-refractivity contribution in [3.05, 3.63) is 71.2 Å². The number of nitrogens with one attached hydrogen (secondary N) is 1. The van der Waals surface area contributed by atoms with Crippen LogP contribution in [0, 0.1) is 0 Å². The number of fused-ring (bicyclic) bond motifs is 3. The van der Waals surface area contributed by atoms with Gasteiger partial charge in [-0.1, -0.05) is 58.4 Å². The third-order valence-electron chi connectivity index (χ3n) is 3.66. The molecule has 20 heavy (non-hydrogen) atoms. The molecular formula is C18H12BrN. The van der Waals surface area contributed by atoms with Gasteiger partial charge in [0.2, 0.25) is 0 Å². The Morgan fingerprint density at radius 3 is 2.55 bits per heavy atom. The minimum atomic E-state index is 1.10. The first-order chi connectivity index (χ1) is 9.81. The second-order valence-corrected chi connectivity index (χ2v) is 5.86. The molecule has 0 aliphatic heterocycles. The number of aromatic nitrogens is 1. The van der Waals surface area contributed by atoms with Gasteiger partial charge in [0.15, 0.2) is 0 Å². The van der Waals surface area contributed by atoms with Crippen LogP contribution in [0.5, 0.6) is 0 Å². The smallest absolute Gasteiger partial charge is 0.0465 e. The zero-order chi connectivity index (χ0) is 13.5. The molecule has 0 saturated heterocycles. The Labute approximate surface area is 125 Å². The van der Waals surface area contributed by atoms with Crippen LogP contribution in [-0.2, 0) is 0 Å². The summed E-state index contributed by atoms with van der Waals surface area (Å²) in [6, 6.07) is 23.4. The van der Waals surface area contributed by atoms with Gasteiger partial charge < -0.3 is 4.98 Å². The zero-order valence-electron chi connectivity index (χ0n) is 10.7. The summed E-state index contributed by atoms with van der Waals surface area (Å²) in [4.78, 5) is 3.51. The maximum absolute atomic E-state index is 3.53. The van der Waals surface area contributed by atoms with E-state index in [0.29, 0.717) is 0 Å². The molecular weight excluding hydrogens is 310 g/mol. The lowest BCUT2D eigenvalue weighted by atomic mass is 10.1. The van der Waals surface area contributed by atoms with Crippen LogP contribution in [0.4, 0.5) is 0 Å². The largest absolute Gasteiger partial charge is 0.355 e. The van der Waals surface area contributed by atoms with Gasteiger partial charge >= 0.3 is 0 Å². The number of hydrogen-bond acceptors (Lipinski definition) is 0. The fourth-order valence-corrected chi connectivity index (χ4v) is 3.10. The van der Waals surface area contributed by atoms with E-state index in [0.717, 1.165) is 10.2 Å². The van der Waals surface area contributed by atoms with Crippen molar-refractivity contribution in [2.75, 3.05) is 0 Å². The Kier molecular flexibility index (Phi) is 2.64. The van der Waals surface area contributed by atoms with E-state index in [1.54, 1.807) is 0 Å². The molecule has 2 heteroatoms. The first-order valence-electron chi connectivity index (χ1n) is 6.58. The molecule has 1 nitrogen and oxygen atoms in total. The Morgan fingerprint density at radius 1 is 0.750 bits per heavy atom. The Hall–Kier alpha value is -2.06. The summed E-state index contributed by atoms with van der Waals surface area (Å²) >= 11 is 3.53. The first kappa shape index (κ1) is 11.7. The van der Waals surface area contributed by atoms with E-state index in [4.69, 9.17) is 0 Å². The average Bonchev–Trinajstić information content (AvgIpc) is 2.92. The molecule has 0 spiro atoms. The summed E-state index contributed by atoms with van der Waals surface area (Å²) in [7, 11) is 0. The van der Waals surface area contributed by atoms with Gasteiger partial charge in [-0.25, -0.2) is 0 Å². The molecule has 1 aromatic heterocycles. The summed E-state index contributed by atoms with van der Waals surface area (Å²) in [5.74, 6) is 0. The van der Waals surface area contributed by atoms with Gasteiger partial charge in [-0.05, 0) is 40.6 Å². The topological polar surface area (TPSA) is 15.8 Å². The molecule has 96 valence electrons. The molecule has 0 radical (unpaired) electrons. The number of rotatable bonds is 1.